The van der Waals surface area contributed by atoms with Crippen molar-refractivity contribution in [3.8, 4) is 5.75 Å². The molecule has 0 aliphatic carbocycles. The fourth-order valence-corrected chi connectivity index (χ4v) is 2.29. The van der Waals surface area contributed by atoms with Crippen LogP contribution in [0.15, 0.2) is 46.0 Å². The number of methoxy groups -OCH3 is 1. The molecule has 0 aliphatic heterocycles. The number of hydrogen-bond acceptors (Lipinski definition) is 1. The number of benzene rings is 1. The van der Waals surface area contributed by atoms with E-state index in [0.29, 0.717) is 0 Å². The van der Waals surface area contributed by atoms with Crippen LogP contribution < -0.4 is 4.74 Å². The minimum atomic E-state index is 0.920. The molecule has 0 saturated heterocycles. The molecule has 2 heteroatoms. The van der Waals surface area contributed by atoms with E-state index in [0.717, 1.165) is 29.5 Å². The molecule has 0 aromatic heterocycles. The van der Waals surface area contributed by atoms with Crippen LogP contribution in [-0.4, -0.2) is 7.11 Å². The van der Waals surface area contributed by atoms with E-state index in [2.05, 4.69) is 54.9 Å². The van der Waals surface area contributed by atoms with Gasteiger partial charge < -0.3 is 4.74 Å². The maximum absolute atomic E-state index is 5.39. The summed E-state index contributed by atoms with van der Waals surface area (Å²) in [6, 6.07) is 6.14. The van der Waals surface area contributed by atoms with Crippen LogP contribution in [0.25, 0.3) is 0 Å². The first-order valence-corrected chi connectivity index (χ1v) is 7.43. The van der Waals surface area contributed by atoms with Gasteiger partial charge in [0.05, 0.1) is 7.11 Å². The Balaban J connectivity index is 2.64. The Morgan fingerprint density at radius 3 is 2.58 bits per heavy atom. The van der Waals surface area contributed by atoms with Crippen molar-refractivity contribution in [1.82, 2.24) is 0 Å². The molecule has 0 N–H and O–H groups in total. The fourth-order valence-electron chi connectivity index (χ4n) is 1.88. The molecular formula is C17H23BrO. The average Bonchev–Trinajstić information content (AvgIpc) is 2.36. The third-order valence-corrected chi connectivity index (χ3v) is 3.50. The molecule has 104 valence electrons. The Labute approximate surface area is 125 Å². The Hall–Kier alpha value is -1.02. The highest BCUT2D eigenvalue weighted by Gasteiger charge is 2.02. The monoisotopic (exact) mass is 322 g/mol. The number of rotatable bonds is 6. The average molecular weight is 323 g/mol. The lowest BCUT2D eigenvalue weighted by Crippen LogP contribution is -1.91. The molecular weight excluding hydrogens is 300 g/mol. The Kier molecular flexibility index (Phi) is 6.93. The first kappa shape index (κ1) is 16.0. The van der Waals surface area contributed by atoms with Gasteiger partial charge in [0.25, 0.3) is 0 Å². The largest absolute Gasteiger partial charge is 0.496 e. The third-order valence-electron chi connectivity index (χ3n) is 3.00. The number of allylic oxidation sites excluding steroid dienone is 4. The third kappa shape index (κ3) is 6.11. The molecule has 0 spiro atoms. The summed E-state index contributed by atoms with van der Waals surface area (Å²) in [6.07, 6.45) is 7.76. The van der Waals surface area contributed by atoms with Gasteiger partial charge in [0.15, 0.2) is 0 Å². The van der Waals surface area contributed by atoms with E-state index >= 15 is 0 Å². The van der Waals surface area contributed by atoms with Crippen LogP contribution in [-0.2, 0) is 6.42 Å². The molecule has 1 aromatic carbocycles. The van der Waals surface area contributed by atoms with Gasteiger partial charge in [0.1, 0.15) is 5.75 Å². The number of ether oxygens (including phenoxy) is 1. The molecule has 0 aliphatic rings. The summed E-state index contributed by atoms with van der Waals surface area (Å²) in [5.74, 6) is 0.955. The number of halogens is 1. The van der Waals surface area contributed by atoms with Crippen LogP contribution in [0.3, 0.4) is 0 Å². The summed E-state index contributed by atoms with van der Waals surface area (Å²) in [4.78, 5) is 0. The first-order chi connectivity index (χ1) is 9.02. The van der Waals surface area contributed by atoms with Crippen LogP contribution in [0.5, 0.6) is 5.75 Å². The highest BCUT2D eigenvalue weighted by atomic mass is 79.9. The van der Waals surface area contributed by atoms with E-state index in [4.69, 9.17) is 4.74 Å². The lowest BCUT2D eigenvalue weighted by atomic mass is 10.1. The summed E-state index contributed by atoms with van der Waals surface area (Å²) >= 11 is 3.51. The highest BCUT2D eigenvalue weighted by Crippen LogP contribution is 2.24. The quantitative estimate of drug-likeness (QED) is 0.611. The zero-order valence-electron chi connectivity index (χ0n) is 12.3. The van der Waals surface area contributed by atoms with Crippen molar-refractivity contribution in [3.05, 3.63) is 51.5 Å². The van der Waals surface area contributed by atoms with E-state index in [1.54, 1.807) is 7.11 Å². The topological polar surface area (TPSA) is 9.23 Å². The van der Waals surface area contributed by atoms with Crippen LogP contribution in [0.2, 0.25) is 0 Å². The van der Waals surface area contributed by atoms with Gasteiger partial charge in [-0.3, -0.25) is 0 Å². The molecule has 1 rings (SSSR count). The molecule has 0 bridgehead atoms. The normalized spacial score (nSPS) is 11.3. The lowest BCUT2D eigenvalue weighted by Gasteiger charge is -2.07. The Morgan fingerprint density at radius 1 is 1.21 bits per heavy atom. The molecule has 0 saturated carbocycles. The number of hydrogen-bond donors (Lipinski definition) is 0. The van der Waals surface area contributed by atoms with Crippen molar-refractivity contribution in [2.24, 2.45) is 0 Å². The zero-order valence-corrected chi connectivity index (χ0v) is 13.9. The standard InChI is InChI=1S/C17H23BrO/c1-13(2)6-5-7-14(3)8-9-15-12-16(18)10-11-17(15)19-4/h6,8,10-12H,5,7,9H2,1-4H3/b14-8+. The summed E-state index contributed by atoms with van der Waals surface area (Å²) in [7, 11) is 1.72. The van der Waals surface area contributed by atoms with E-state index in [1.807, 2.05) is 12.1 Å². The van der Waals surface area contributed by atoms with Gasteiger partial charge in [-0.2, -0.15) is 0 Å². The molecule has 0 radical (unpaired) electrons. The second-order valence-corrected chi connectivity index (χ2v) is 5.95. The SMILES string of the molecule is COc1ccc(Br)cc1C/C=C(\C)CCC=C(C)C. The van der Waals surface area contributed by atoms with Crippen LogP contribution in [0, 0.1) is 0 Å². The van der Waals surface area contributed by atoms with E-state index in [9.17, 15) is 0 Å². The van der Waals surface area contributed by atoms with Crippen LogP contribution in [0.4, 0.5) is 0 Å². The molecule has 0 atom stereocenters. The summed E-state index contributed by atoms with van der Waals surface area (Å²) in [6.45, 7) is 6.49. The predicted molar refractivity (Wildman–Crippen MR) is 86.8 cm³/mol. The summed E-state index contributed by atoms with van der Waals surface area (Å²) < 4.78 is 6.48. The molecule has 1 aromatic rings. The predicted octanol–water partition coefficient (Wildman–Crippen LogP) is 5.69. The second kappa shape index (κ2) is 8.21. The molecule has 0 amide bonds. The van der Waals surface area contributed by atoms with Gasteiger partial charge in [0.2, 0.25) is 0 Å². The lowest BCUT2D eigenvalue weighted by molar-refractivity contribution is 0.410. The van der Waals surface area contributed by atoms with E-state index in [1.165, 1.54) is 16.7 Å². The molecule has 1 nitrogen and oxygen atoms in total. The van der Waals surface area contributed by atoms with E-state index < -0.39 is 0 Å². The van der Waals surface area contributed by atoms with Crippen molar-refractivity contribution in [2.75, 3.05) is 7.11 Å². The maximum Gasteiger partial charge on any atom is 0.122 e. The van der Waals surface area contributed by atoms with Gasteiger partial charge in [-0.15, -0.1) is 0 Å². The highest BCUT2D eigenvalue weighted by molar-refractivity contribution is 9.10. The van der Waals surface area contributed by atoms with Gasteiger partial charge in [-0.25, -0.2) is 0 Å². The van der Waals surface area contributed by atoms with Gasteiger partial charge >= 0.3 is 0 Å². The molecule has 0 fully saturated rings. The Morgan fingerprint density at radius 2 is 1.95 bits per heavy atom. The second-order valence-electron chi connectivity index (χ2n) is 5.03. The molecule has 19 heavy (non-hydrogen) atoms. The minimum absolute atomic E-state index is 0.920. The molecule has 0 heterocycles. The summed E-state index contributed by atoms with van der Waals surface area (Å²) in [5, 5.41) is 0. The molecule has 0 unspecified atom stereocenters. The maximum atomic E-state index is 5.39. The van der Waals surface area contributed by atoms with Gasteiger partial charge in [-0.1, -0.05) is 39.2 Å². The van der Waals surface area contributed by atoms with E-state index in [-0.39, 0.29) is 0 Å². The van der Waals surface area contributed by atoms with Crippen molar-refractivity contribution >= 4 is 15.9 Å². The van der Waals surface area contributed by atoms with Crippen LogP contribution in [0.1, 0.15) is 39.2 Å². The van der Waals surface area contributed by atoms with Crippen LogP contribution >= 0.6 is 15.9 Å². The minimum Gasteiger partial charge on any atom is -0.496 e. The summed E-state index contributed by atoms with van der Waals surface area (Å²) in [5.41, 5.74) is 4.04. The van der Waals surface area contributed by atoms with Crippen molar-refractivity contribution in [3.63, 3.8) is 0 Å². The van der Waals surface area contributed by atoms with Crippen molar-refractivity contribution in [2.45, 2.75) is 40.0 Å². The van der Waals surface area contributed by atoms with Crippen molar-refractivity contribution in [1.29, 1.82) is 0 Å². The first-order valence-electron chi connectivity index (χ1n) is 6.64. The van der Waals surface area contributed by atoms with Crippen molar-refractivity contribution < 1.29 is 4.74 Å². The smallest absolute Gasteiger partial charge is 0.122 e. The fraction of sp³-hybridized carbons (Fsp3) is 0.412. The van der Waals surface area contributed by atoms with Gasteiger partial charge in [0, 0.05) is 4.47 Å². The Bertz CT molecular complexity index is 468. The zero-order chi connectivity index (χ0) is 14.3. The van der Waals surface area contributed by atoms with Gasteiger partial charge in [-0.05, 0) is 63.8 Å².